The van der Waals surface area contributed by atoms with Crippen LogP contribution in [0.2, 0.25) is 0 Å². The molecule has 0 aliphatic carbocycles. The van der Waals surface area contributed by atoms with Crippen LogP contribution in [0.25, 0.3) is 0 Å². The molecule has 0 saturated carbocycles. The van der Waals surface area contributed by atoms with Crippen LogP contribution in [0.4, 0.5) is 0 Å². The molecular formula is C7H13N3O4. The Labute approximate surface area is 80.6 Å². The summed E-state index contributed by atoms with van der Waals surface area (Å²) in [6.07, 6.45) is -0.412. The van der Waals surface area contributed by atoms with Crippen LogP contribution in [0.5, 0.6) is 0 Å². The molecule has 2 amide bonds. The van der Waals surface area contributed by atoms with Gasteiger partial charge in [-0.05, 0) is 7.05 Å². The number of likely N-dealkylation sites (N-methyl/N-ethyl adjacent to an activating group) is 1. The number of amides is 2. The summed E-state index contributed by atoms with van der Waals surface area (Å²) in [5.74, 6) is -2.56. The molecule has 0 saturated heterocycles. The van der Waals surface area contributed by atoms with Gasteiger partial charge in [0.25, 0.3) is 0 Å². The smallest absolute Gasteiger partial charge is 0.326 e. The third-order valence-corrected chi connectivity index (χ3v) is 1.38. The van der Waals surface area contributed by atoms with Gasteiger partial charge in [0.15, 0.2) is 0 Å². The van der Waals surface area contributed by atoms with Crippen LogP contribution in [0, 0.1) is 0 Å². The Morgan fingerprint density at radius 1 is 1.43 bits per heavy atom. The van der Waals surface area contributed by atoms with Gasteiger partial charge in [0.1, 0.15) is 6.04 Å². The zero-order valence-corrected chi connectivity index (χ0v) is 7.74. The van der Waals surface area contributed by atoms with Crippen LogP contribution >= 0.6 is 0 Å². The Morgan fingerprint density at radius 3 is 2.36 bits per heavy atom. The van der Waals surface area contributed by atoms with E-state index in [1.165, 1.54) is 0 Å². The molecule has 7 heteroatoms. The molecule has 7 nitrogen and oxygen atoms in total. The van der Waals surface area contributed by atoms with Gasteiger partial charge in [-0.25, -0.2) is 4.79 Å². The van der Waals surface area contributed by atoms with E-state index in [4.69, 9.17) is 10.8 Å². The lowest BCUT2D eigenvalue weighted by Crippen LogP contribution is -2.45. The van der Waals surface area contributed by atoms with Gasteiger partial charge in [0, 0.05) is 0 Å². The van der Waals surface area contributed by atoms with Gasteiger partial charge in [0.2, 0.25) is 11.8 Å². The minimum atomic E-state index is -1.28. The normalized spacial score (nSPS) is 11.8. The van der Waals surface area contributed by atoms with E-state index in [0.717, 1.165) is 0 Å². The van der Waals surface area contributed by atoms with Crippen LogP contribution < -0.4 is 16.4 Å². The lowest BCUT2D eigenvalue weighted by atomic mass is 10.2. The monoisotopic (exact) mass is 203 g/mol. The van der Waals surface area contributed by atoms with Gasteiger partial charge in [-0.2, -0.15) is 0 Å². The number of rotatable bonds is 6. The molecule has 0 bridgehead atoms. The molecular weight excluding hydrogens is 190 g/mol. The summed E-state index contributed by atoms with van der Waals surface area (Å²) in [7, 11) is 1.55. The van der Waals surface area contributed by atoms with Gasteiger partial charge in [-0.15, -0.1) is 0 Å². The standard InChI is InChI=1S/C7H13N3O4/c1-9-3-6(12)10-4(7(13)14)2-5(8)11/h4,9H,2-3H2,1H3,(H2,8,11)(H,10,12)(H,13,14)/t4-/m0/s1. The molecule has 0 aliphatic rings. The van der Waals surface area contributed by atoms with Crippen LogP contribution in [0.3, 0.4) is 0 Å². The van der Waals surface area contributed by atoms with Crippen molar-refractivity contribution in [1.29, 1.82) is 0 Å². The number of carboxylic acids is 1. The van der Waals surface area contributed by atoms with Crippen molar-refractivity contribution < 1.29 is 19.5 Å². The average molecular weight is 203 g/mol. The number of hydrogen-bond donors (Lipinski definition) is 4. The van der Waals surface area contributed by atoms with Crippen molar-refractivity contribution >= 4 is 17.8 Å². The molecule has 5 N–H and O–H groups in total. The first-order chi connectivity index (χ1) is 6.47. The number of carbonyl (C=O) groups excluding carboxylic acids is 2. The number of carbonyl (C=O) groups is 3. The second-order valence-corrected chi connectivity index (χ2v) is 2.66. The number of carboxylic acid groups (broad SMARTS) is 1. The summed E-state index contributed by atoms with van der Waals surface area (Å²) >= 11 is 0. The third-order valence-electron chi connectivity index (χ3n) is 1.38. The van der Waals surface area contributed by atoms with E-state index in [1.54, 1.807) is 7.05 Å². The van der Waals surface area contributed by atoms with Crippen molar-refractivity contribution in [3.05, 3.63) is 0 Å². The first kappa shape index (κ1) is 12.4. The van der Waals surface area contributed by atoms with E-state index in [0.29, 0.717) is 0 Å². The summed E-state index contributed by atoms with van der Waals surface area (Å²) in [6.45, 7) is -0.0114. The molecule has 0 radical (unpaired) electrons. The predicted molar refractivity (Wildman–Crippen MR) is 47.3 cm³/mol. The summed E-state index contributed by atoms with van der Waals surface area (Å²) in [4.78, 5) is 31.9. The molecule has 14 heavy (non-hydrogen) atoms. The summed E-state index contributed by atoms with van der Waals surface area (Å²) in [5.41, 5.74) is 4.81. The maximum Gasteiger partial charge on any atom is 0.326 e. The summed E-state index contributed by atoms with van der Waals surface area (Å²) < 4.78 is 0. The Hall–Kier alpha value is -1.63. The quantitative estimate of drug-likeness (QED) is 0.385. The van der Waals surface area contributed by atoms with Gasteiger partial charge in [0.05, 0.1) is 13.0 Å². The van der Waals surface area contributed by atoms with Gasteiger partial charge in [-0.1, -0.05) is 0 Å². The highest BCUT2D eigenvalue weighted by atomic mass is 16.4. The molecule has 80 valence electrons. The van der Waals surface area contributed by atoms with E-state index in [1.807, 2.05) is 0 Å². The fourth-order valence-corrected chi connectivity index (χ4v) is 0.807. The number of aliphatic carboxylic acids is 1. The Bertz CT molecular complexity index is 241. The van der Waals surface area contributed by atoms with E-state index >= 15 is 0 Å². The molecule has 0 aromatic carbocycles. The van der Waals surface area contributed by atoms with E-state index in [-0.39, 0.29) is 6.54 Å². The highest BCUT2D eigenvalue weighted by molar-refractivity contribution is 5.88. The lowest BCUT2D eigenvalue weighted by molar-refractivity contribution is -0.143. The maximum absolute atomic E-state index is 11.0. The van der Waals surface area contributed by atoms with Crippen molar-refractivity contribution in [2.24, 2.45) is 5.73 Å². The van der Waals surface area contributed by atoms with Crippen molar-refractivity contribution in [3.63, 3.8) is 0 Å². The maximum atomic E-state index is 11.0. The van der Waals surface area contributed by atoms with E-state index < -0.39 is 30.2 Å². The molecule has 0 fully saturated rings. The fourth-order valence-electron chi connectivity index (χ4n) is 0.807. The van der Waals surface area contributed by atoms with Gasteiger partial charge < -0.3 is 21.5 Å². The molecule has 0 spiro atoms. The molecule has 0 aromatic rings. The predicted octanol–water partition coefficient (Wildman–Crippen LogP) is -2.35. The van der Waals surface area contributed by atoms with Crippen LogP contribution in [0.1, 0.15) is 6.42 Å². The van der Waals surface area contributed by atoms with Crippen LogP contribution in [-0.4, -0.2) is 42.5 Å². The van der Waals surface area contributed by atoms with Crippen molar-refractivity contribution in [2.45, 2.75) is 12.5 Å². The molecule has 1 atom stereocenters. The number of nitrogens with two attached hydrogens (primary N) is 1. The highest BCUT2D eigenvalue weighted by Gasteiger charge is 2.21. The Kier molecular flexibility index (Phi) is 5.23. The second kappa shape index (κ2) is 5.92. The van der Waals surface area contributed by atoms with Crippen molar-refractivity contribution in [3.8, 4) is 0 Å². The topological polar surface area (TPSA) is 122 Å². The van der Waals surface area contributed by atoms with Crippen molar-refractivity contribution in [2.75, 3.05) is 13.6 Å². The fraction of sp³-hybridized carbons (Fsp3) is 0.571. The van der Waals surface area contributed by atoms with E-state index in [9.17, 15) is 14.4 Å². The van der Waals surface area contributed by atoms with E-state index in [2.05, 4.69) is 10.6 Å². The molecule has 0 unspecified atom stereocenters. The number of hydrogen-bond acceptors (Lipinski definition) is 4. The number of primary amides is 1. The first-order valence-electron chi connectivity index (χ1n) is 3.92. The average Bonchev–Trinajstić information content (AvgIpc) is 2.02. The Morgan fingerprint density at radius 2 is 2.00 bits per heavy atom. The lowest BCUT2D eigenvalue weighted by Gasteiger charge is -2.12. The van der Waals surface area contributed by atoms with Crippen LogP contribution in [0.15, 0.2) is 0 Å². The summed E-state index contributed by atoms with van der Waals surface area (Å²) in [5, 5.41) is 13.3. The first-order valence-corrected chi connectivity index (χ1v) is 3.92. The molecule has 0 heterocycles. The Balaban J connectivity index is 4.16. The largest absolute Gasteiger partial charge is 0.480 e. The van der Waals surface area contributed by atoms with Gasteiger partial charge in [-0.3, -0.25) is 9.59 Å². The minimum absolute atomic E-state index is 0.0114. The van der Waals surface area contributed by atoms with Gasteiger partial charge >= 0.3 is 5.97 Å². The SMILES string of the molecule is CNCC(=O)N[C@@H](CC(N)=O)C(=O)O. The highest BCUT2D eigenvalue weighted by Crippen LogP contribution is 1.91. The third kappa shape index (κ3) is 5.09. The zero-order valence-electron chi connectivity index (χ0n) is 7.74. The molecule has 0 aliphatic heterocycles. The molecule has 0 aromatic heterocycles. The molecule has 0 rings (SSSR count). The van der Waals surface area contributed by atoms with Crippen LogP contribution in [-0.2, 0) is 14.4 Å². The minimum Gasteiger partial charge on any atom is -0.480 e. The zero-order chi connectivity index (χ0) is 11.1. The second-order valence-electron chi connectivity index (χ2n) is 2.66. The number of nitrogens with one attached hydrogen (secondary N) is 2. The van der Waals surface area contributed by atoms with Crippen molar-refractivity contribution in [1.82, 2.24) is 10.6 Å². The summed E-state index contributed by atoms with van der Waals surface area (Å²) in [6, 6.07) is -1.26.